The van der Waals surface area contributed by atoms with Gasteiger partial charge in [-0.15, -0.1) is 0 Å². The molecule has 0 rings (SSSR count). The van der Waals surface area contributed by atoms with Crippen LogP contribution in [0.4, 0.5) is 0 Å². The van der Waals surface area contributed by atoms with Crippen molar-refractivity contribution in [3.8, 4) is 0 Å². The van der Waals surface area contributed by atoms with Crippen molar-refractivity contribution in [3.63, 3.8) is 0 Å². The summed E-state index contributed by atoms with van der Waals surface area (Å²) < 4.78 is 0. The normalized spacial score (nSPS) is 16.5. The number of hydrogen-bond acceptors (Lipinski definition) is 6. The zero-order valence-corrected chi connectivity index (χ0v) is 12.9. The summed E-state index contributed by atoms with van der Waals surface area (Å²) in [4.78, 5) is 34.8. The first-order valence-electron chi connectivity index (χ1n) is 6.98. The summed E-state index contributed by atoms with van der Waals surface area (Å²) in [5.74, 6) is -2.82. The first kappa shape index (κ1) is 20.3. The van der Waals surface area contributed by atoms with Gasteiger partial charge in [0, 0.05) is 0 Å². The molecule has 7 N–H and O–H groups in total. The van der Waals surface area contributed by atoms with Gasteiger partial charge in [0.2, 0.25) is 11.8 Å². The van der Waals surface area contributed by atoms with Crippen molar-refractivity contribution in [2.24, 2.45) is 11.7 Å². The molecule has 0 spiro atoms. The highest BCUT2D eigenvalue weighted by Crippen LogP contribution is 2.06. The predicted molar refractivity (Wildman–Crippen MR) is 77.7 cm³/mol. The van der Waals surface area contributed by atoms with E-state index >= 15 is 0 Å². The number of nitrogens with two attached hydrogens (primary N) is 1. The van der Waals surface area contributed by atoms with Crippen LogP contribution in [0.3, 0.4) is 0 Å². The number of carboxylic acid groups (broad SMARTS) is 1. The molecule has 0 bridgehead atoms. The summed E-state index contributed by atoms with van der Waals surface area (Å²) in [6.07, 6.45) is -1.05. The second-order valence-corrected chi connectivity index (χ2v) is 5.54. The summed E-state index contributed by atoms with van der Waals surface area (Å²) in [5, 5.41) is 31.9. The molecule has 0 aromatic heterocycles. The average Bonchev–Trinajstić information content (AvgIpc) is 2.41. The maximum atomic E-state index is 12.1. The number of carbonyl (C=O) groups is 3. The van der Waals surface area contributed by atoms with E-state index in [1.54, 1.807) is 13.8 Å². The minimum absolute atomic E-state index is 0.0313. The molecule has 128 valence electrons. The quantitative estimate of drug-likeness (QED) is 0.280. The monoisotopic (exact) mass is 319 g/mol. The van der Waals surface area contributed by atoms with Crippen LogP contribution in [0.2, 0.25) is 0 Å². The minimum atomic E-state index is -1.36. The average molecular weight is 319 g/mol. The van der Waals surface area contributed by atoms with Crippen molar-refractivity contribution in [1.82, 2.24) is 10.6 Å². The van der Waals surface area contributed by atoms with E-state index in [0.717, 1.165) is 0 Å². The fraction of sp³-hybridized carbons (Fsp3) is 0.769. The summed E-state index contributed by atoms with van der Waals surface area (Å²) in [7, 11) is 0. The highest BCUT2D eigenvalue weighted by atomic mass is 16.4. The molecule has 0 saturated carbocycles. The number of rotatable bonds is 9. The van der Waals surface area contributed by atoms with Crippen molar-refractivity contribution in [3.05, 3.63) is 0 Å². The lowest BCUT2D eigenvalue weighted by Crippen LogP contribution is -2.58. The Kier molecular flexibility index (Phi) is 8.61. The van der Waals surface area contributed by atoms with Crippen molar-refractivity contribution in [2.75, 3.05) is 6.61 Å². The molecule has 0 heterocycles. The molecule has 22 heavy (non-hydrogen) atoms. The first-order valence-corrected chi connectivity index (χ1v) is 6.98. The van der Waals surface area contributed by atoms with Gasteiger partial charge in [0.25, 0.3) is 0 Å². The standard InChI is InChI=1S/C13H25N3O6/c1-6(2)4-9(13(21)22)15-12(20)10(7(3)18)16-11(19)8(14)5-17/h6-10,17-18H,4-5,14H2,1-3H3,(H,15,20)(H,16,19)(H,21,22)/t7-,8+,9+,10+/m1/s1. The van der Waals surface area contributed by atoms with E-state index < -0.39 is 48.6 Å². The molecule has 0 unspecified atom stereocenters. The Morgan fingerprint density at radius 3 is 2.00 bits per heavy atom. The number of carbonyl (C=O) groups excluding carboxylic acids is 2. The van der Waals surface area contributed by atoms with E-state index in [2.05, 4.69) is 10.6 Å². The van der Waals surface area contributed by atoms with Crippen LogP contribution >= 0.6 is 0 Å². The minimum Gasteiger partial charge on any atom is -0.480 e. The zero-order valence-electron chi connectivity index (χ0n) is 12.9. The van der Waals surface area contributed by atoms with Gasteiger partial charge in [0.05, 0.1) is 12.7 Å². The number of aliphatic hydroxyl groups is 2. The van der Waals surface area contributed by atoms with Crippen LogP contribution in [0.1, 0.15) is 27.2 Å². The van der Waals surface area contributed by atoms with Crippen LogP contribution < -0.4 is 16.4 Å². The maximum absolute atomic E-state index is 12.1. The molecule has 2 amide bonds. The highest BCUT2D eigenvalue weighted by molar-refractivity contribution is 5.92. The fourth-order valence-electron chi connectivity index (χ4n) is 1.70. The summed E-state index contributed by atoms with van der Waals surface area (Å²) in [6.45, 7) is 4.25. The third-order valence-corrected chi connectivity index (χ3v) is 2.92. The topological polar surface area (TPSA) is 162 Å². The largest absolute Gasteiger partial charge is 0.480 e. The van der Waals surface area contributed by atoms with Gasteiger partial charge in [0.15, 0.2) is 0 Å². The van der Waals surface area contributed by atoms with E-state index in [4.69, 9.17) is 15.9 Å². The van der Waals surface area contributed by atoms with Gasteiger partial charge in [-0.25, -0.2) is 4.79 Å². The molecular weight excluding hydrogens is 294 g/mol. The Morgan fingerprint density at radius 2 is 1.64 bits per heavy atom. The molecule has 9 nitrogen and oxygen atoms in total. The Balaban J connectivity index is 4.91. The van der Waals surface area contributed by atoms with Gasteiger partial charge in [-0.2, -0.15) is 0 Å². The van der Waals surface area contributed by atoms with Gasteiger partial charge in [-0.3, -0.25) is 9.59 Å². The highest BCUT2D eigenvalue weighted by Gasteiger charge is 2.30. The lowest BCUT2D eigenvalue weighted by molar-refractivity contribution is -0.143. The molecule has 9 heteroatoms. The molecule has 0 saturated heterocycles. The molecule has 0 aliphatic rings. The maximum Gasteiger partial charge on any atom is 0.326 e. The lowest BCUT2D eigenvalue weighted by Gasteiger charge is -2.24. The third-order valence-electron chi connectivity index (χ3n) is 2.92. The Morgan fingerprint density at radius 1 is 1.09 bits per heavy atom. The van der Waals surface area contributed by atoms with Crippen LogP contribution in [0.25, 0.3) is 0 Å². The smallest absolute Gasteiger partial charge is 0.326 e. The molecule has 0 aromatic rings. The van der Waals surface area contributed by atoms with Crippen LogP contribution in [0.5, 0.6) is 0 Å². The number of carboxylic acids is 1. The molecule has 0 aromatic carbocycles. The molecule has 4 atom stereocenters. The van der Waals surface area contributed by atoms with Gasteiger partial charge >= 0.3 is 5.97 Å². The summed E-state index contributed by atoms with van der Waals surface area (Å²) in [5.41, 5.74) is 5.31. The molecular formula is C13H25N3O6. The van der Waals surface area contributed by atoms with E-state index in [0.29, 0.717) is 0 Å². The van der Waals surface area contributed by atoms with Crippen molar-refractivity contribution in [1.29, 1.82) is 0 Å². The summed E-state index contributed by atoms with van der Waals surface area (Å²) in [6, 6.07) is -3.73. The Hall–Kier alpha value is -1.71. The van der Waals surface area contributed by atoms with E-state index in [1.807, 2.05) is 0 Å². The van der Waals surface area contributed by atoms with Gasteiger partial charge < -0.3 is 31.7 Å². The van der Waals surface area contributed by atoms with Crippen molar-refractivity contribution >= 4 is 17.8 Å². The van der Waals surface area contributed by atoms with Gasteiger partial charge in [-0.05, 0) is 19.3 Å². The zero-order chi connectivity index (χ0) is 17.4. The van der Waals surface area contributed by atoms with E-state index in [9.17, 15) is 19.5 Å². The number of amides is 2. The van der Waals surface area contributed by atoms with Crippen LogP contribution in [-0.2, 0) is 14.4 Å². The molecule has 0 fully saturated rings. The number of nitrogens with one attached hydrogen (secondary N) is 2. The molecule has 0 aliphatic heterocycles. The SMILES string of the molecule is CC(C)C[C@H](NC(=O)[C@@H](NC(=O)[C@@H](N)CO)[C@@H](C)O)C(=O)O. The Bertz CT molecular complexity index is 399. The number of hydrogen-bond donors (Lipinski definition) is 6. The summed E-state index contributed by atoms with van der Waals surface area (Å²) >= 11 is 0. The van der Waals surface area contributed by atoms with Crippen LogP contribution in [-0.4, -0.2) is 63.9 Å². The van der Waals surface area contributed by atoms with Crippen LogP contribution in [0, 0.1) is 5.92 Å². The van der Waals surface area contributed by atoms with Crippen molar-refractivity contribution < 1.29 is 29.7 Å². The third kappa shape index (κ3) is 6.83. The lowest BCUT2D eigenvalue weighted by atomic mass is 10.0. The molecule has 0 aliphatic carbocycles. The van der Waals surface area contributed by atoms with Gasteiger partial charge in [0.1, 0.15) is 18.1 Å². The van der Waals surface area contributed by atoms with Gasteiger partial charge in [-0.1, -0.05) is 13.8 Å². The van der Waals surface area contributed by atoms with Crippen molar-refractivity contribution in [2.45, 2.75) is 51.4 Å². The van der Waals surface area contributed by atoms with Crippen LogP contribution in [0.15, 0.2) is 0 Å². The predicted octanol–water partition coefficient (Wildman–Crippen LogP) is -2.21. The van der Waals surface area contributed by atoms with E-state index in [-0.39, 0.29) is 12.3 Å². The fourth-order valence-corrected chi connectivity index (χ4v) is 1.70. The first-order chi connectivity index (χ1) is 10.1. The second-order valence-electron chi connectivity index (χ2n) is 5.54. The van der Waals surface area contributed by atoms with E-state index in [1.165, 1.54) is 6.92 Å². The number of aliphatic carboxylic acids is 1. The number of aliphatic hydroxyl groups excluding tert-OH is 2. The molecule has 0 radical (unpaired) electrons. The second kappa shape index (κ2) is 9.34. The Labute approximate surface area is 128 Å².